The van der Waals surface area contributed by atoms with Crippen LogP contribution in [0.5, 0.6) is 5.88 Å². The summed E-state index contributed by atoms with van der Waals surface area (Å²) in [4.78, 5) is 24.9. The van der Waals surface area contributed by atoms with Crippen molar-refractivity contribution in [3.05, 3.63) is 59.4 Å². The summed E-state index contributed by atoms with van der Waals surface area (Å²) >= 11 is 0. The maximum atomic E-state index is 13.8. The fraction of sp³-hybridized carbons (Fsp3) is 0.250. The van der Waals surface area contributed by atoms with E-state index in [9.17, 15) is 22.8 Å². The predicted molar refractivity (Wildman–Crippen MR) is 106 cm³/mol. The SMILES string of the molecule is COc1ccc(-n2ncc(C(=O)Nc3cccc(C(=O)NC4CC4)c3)c2C(F)(F)F)nn1. The molecule has 1 fully saturated rings. The minimum atomic E-state index is -4.91. The first-order valence-electron chi connectivity index (χ1n) is 9.52. The lowest BCUT2D eigenvalue weighted by molar-refractivity contribution is -0.143. The first kappa shape index (κ1) is 21.3. The molecule has 32 heavy (non-hydrogen) atoms. The zero-order valence-electron chi connectivity index (χ0n) is 16.7. The maximum Gasteiger partial charge on any atom is 0.434 e. The first-order chi connectivity index (χ1) is 15.3. The van der Waals surface area contributed by atoms with Crippen LogP contribution in [0.2, 0.25) is 0 Å². The lowest BCUT2D eigenvalue weighted by Crippen LogP contribution is -2.25. The van der Waals surface area contributed by atoms with E-state index in [-0.39, 0.29) is 34.9 Å². The molecular weight excluding hydrogens is 429 g/mol. The zero-order chi connectivity index (χ0) is 22.9. The number of anilines is 1. The third-order valence-electron chi connectivity index (χ3n) is 4.63. The molecule has 9 nitrogen and oxygen atoms in total. The molecule has 2 N–H and O–H groups in total. The number of amides is 2. The molecule has 0 unspecified atom stereocenters. The van der Waals surface area contributed by atoms with Crippen molar-refractivity contribution in [3.8, 4) is 11.7 Å². The standard InChI is InChI=1S/C20H17F3N6O3/c1-32-16-8-7-15(27-28-16)29-17(20(21,22)23)14(10-24-29)19(31)26-13-4-2-3-11(9-13)18(30)25-12-5-6-12/h2-4,7-10,12H,5-6H2,1H3,(H,25,30)(H,26,31). The molecule has 1 aliphatic rings. The molecule has 4 rings (SSSR count). The van der Waals surface area contributed by atoms with Crippen molar-refractivity contribution in [1.29, 1.82) is 0 Å². The number of rotatable bonds is 6. The first-order valence-corrected chi connectivity index (χ1v) is 9.52. The molecule has 3 aromatic rings. The number of hydrogen-bond acceptors (Lipinski definition) is 6. The minimum absolute atomic E-state index is 0.109. The molecule has 2 amide bonds. The highest BCUT2D eigenvalue weighted by atomic mass is 19.4. The van der Waals surface area contributed by atoms with E-state index in [0.717, 1.165) is 19.0 Å². The number of nitrogens with one attached hydrogen (secondary N) is 2. The van der Waals surface area contributed by atoms with Gasteiger partial charge in [-0.2, -0.15) is 18.3 Å². The van der Waals surface area contributed by atoms with Crippen LogP contribution in [0.1, 0.15) is 39.3 Å². The third kappa shape index (κ3) is 4.53. The van der Waals surface area contributed by atoms with Crippen molar-refractivity contribution >= 4 is 17.5 Å². The lowest BCUT2D eigenvalue weighted by atomic mass is 10.1. The van der Waals surface area contributed by atoms with Crippen molar-refractivity contribution in [1.82, 2.24) is 25.3 Å². The second-order valence-electron chi connectivity index (χ2n) is 7.03. The number of ether oxygens (including phenoxy) is 1. The summed E-state index contributed by atoms with van der Waals surface area (Å²) in [6, 6.07) is 8.63. The fourth-order valence-corrected chi connectivity index (χ4v) is 2.93. The number of hydrogen-bond donors (Lipinski definition) is 2. The molecule has 2 aromatic heterocycles. The van der Waals surface area contributed by atoms with Crippen LogP contribution in [0.4, 0.5) is 18.9 Å². The molecule has 0 aliphatic heterocycles. The summed E-state index contributed by atoms with van der Waals surface area (Å²) in [6.45, 7) is 0. The summed E-state index contributed by atoms with van der Waals surface area (Å²) < 4.78 is 46.7. The van der Waals surface area contributed by atoms with Crippen LogP contribution in [0.15, 0.2) is 42.6 Å². The maximum absolute atomic E-state index is 13.8. The Kier molecular flexibility index (Phi) is 5.51. The van der Waals surface area contributed by atoms with Gasteiger partial charge in [-0.1, -0.05) is 6.07 Å². The number of carbonyl (C=O) groups is 2. The second kappa shape index (κ2) is 8.29. The highest BCUT2D eigenvalue weighted by Gasteiger charge is 2.41. The Labute approximate surface area is 179 Å². The topological polar surface area (TPSA) is 111 Å². The van der Waals surface area contributed by atoms with Gasteiger partial charge in [-0.15, -0.1) is 10.2 Å². The number of nitrogens with zero attached hydrogens (tertiary/aromatic N) is 4. The van der Waals surface area contributed by atoms with Gasteiger partial charge in [0, 0.05) is 23.4 Å². The van der Waals surface area contributed by atoms with Crippen LogP contribution >= 0.6 is 0 Å². The summed E-state index contributed by atoms with van der Waals surface area (Å²) in [6.07, 6.45) is -2.29. The Hall–Kier alpha value is -3.96. The van der Waals surface area contributed by atoms with Gasteiger partial charge in [0.25, 0.3) is 11.8 Å². The van der Waals surface area contributed by atoms with Gasteiger partial charge in [-0.25, -0.2) is 4.68 Å². The Balaban J connectivity index is 1.61. The van der Waals surface area contributed by atoms with Gasteiger partial charge >= 0.3 is 6.18 Å². The van der Waals surface area contributed by atoms with Crippen LogP contribution in [-0.4, -0.2) is 44.9 Å². The second-order valence-corrected chi connectivity index (χ2v) is 7.03. The minimum Gasteiger partial charge on any atom is -0.480 e. The molecular formula is C20H17F3N6O3. The van der Waals surface area contributed by atoms with Gasteiger partial charge < -0.3 is 15.4 Å². The number of alkyl halides is 3. The molecule has 12 heteroatoms. The van der Waals surface area contributed by atoms with E-state index in [1.807, 2.05) is 0 Å². The Morgan fingerprint density at radius 1 is 1.12 bits per heavy atom. The third-order valence-corrected chi connectivity index (χ3v) is 4.63. The summed E-state index contributed by atoms with van der Waals surface area (Å²) in [5, 5.41) is 16.2. The fourth-order valence-electron chi connectivity index (χ4n) is 2.93. The van der Waals surface area contributed by atoms with E-state index < -0.39 is 23.3 Å². The monoisotopic (exact) mass is 446 g/mol. The Morgan fingerprint density at radius 3 is 2.53 bits per heavy atom. The molecule has 0 radical (unpaired) electrons. The van der Waals surface area contributed by atoms with E-state index in [1.54, 1.807) is 6.07 Å². The number of methoxy groups -OCH3 is 1. The normalized spacial score (nSPS) is 13.5. The molecule has 1 aliphatic carbocycles. The van der Waals surface area contributed by atoms with Gasteiger partial charge in [0.05, 0.1) is 18.9 Å². The Morgan fingerprint density at radius 2 is 1.91 bits per heavy atom. The Bertz CT molecular complexity index is 1160. The molecule has 1 saturated carbocycles. The van der Waals surface area contributed by atoms with Crippen LogP contribution in [0.3, 0.4) is 0 Å². The molecule has 166 valence electrons. The van der Waals surface area contributed by atoms with Crippen LogP contribution < -0.4 is 15.4 Å². The summed E-state index contributed by atoms with van der Waals surface area (Å²) in [7, 11) is 1.34. The van der Waals surface area contributed by atoms with Crippen molar-refractivity contribution in [2.45, 2.75) is 25.1 Å². The van der Waals surface area contributed by atoms with Crippen LogP contribution in [0, 0.1) is 0 Å². The molecule has 0 bridgehead atoms. The van der Waals surface area contributed by atoms with E-state index in [1.165, 1.54) is 37.4 Å². The van der Waals surface area contributed by atoms with Crippen molar-refractivity contribution in [2.24, 2.45) is 0 Å². The molecule has 2 heterocycles. The number of carbonyl (C=O) groups excluding carboxylic acids is 2. The van der Waals surface area contributed by atoms with Gasteiger partial charge in [0.1, 0.15) is 0 Å². The van der Waals surface area contributed by atoms with Crippen molar-refractivity contribution in [2.75, 3.05) is 12.4 Å². The van der Waals surface area contributed by atoms with Gasteiger partial charge in [0.2, 0.25) is 5.88 Å². The summed E-state index contributed by atoms with van der Waals surface area (Å²) in [5.74, 6) is -1.48. The molecule has 0 atom stereocenters. The lowest BCUT2D eigenvalue weighted by Gasteiger charge is -2.12. The molecule has 0 spiro atoms. The predicted octanol–water partition coefficient (Wildman–Crippen LogP) is 2.83. The highest BCUT2D eigenvalue weighted by Crippen LogP contribution is 2.33. The highest BCUT2D eigenvalue weighted by molar-refractivity contribution is 6.06. The number of benzene rings is 1. The van der Waals surface area contributed by atoms with Crippen LogP contribution in [-0.2, 0) is 6.18 Å². The summed E-state index contributed by atoms with van der Waals surface area (Å²) in [5.41, 5.74) is -1.56. The van der Waals surface area contributed by atoms with Crippen molar-refractivity contribution < 1.29 is 27.5 Å². The van der Waals surface area contributed by atoms with Gasteiger partial charge in [0.15, 0.2) is 11.5 Å². The molecule has 1 aromatic carbocycles. The average molecular weight is 446 g/mol. The van der Waals surface area contributed by atoms with Crippen molar-refractivity contribution in [3.63, 3.8) is 0 Å². The zero-order valence-corrected chi connectivity index (χ0v) is 16.7. The van der Waals surface area contributed by atoms with E-state index in [2.05, 4.69) is 25.9 Å². The smallest absolute Gasteiger partial charge is 0.434 e. The quantitative estimate of drug-likeness (QED) is 0.603. The van der Waals surface area contributed by atoms with Gasteiger partial charge in [-0.3, -0.25) is 9.59 Å². The van der Waals surface area contributed by atoms with E-state index in [0.29, 0.717) is 4.68 Å². The van der Waals surface area contributed by atoms with Crippen LogP contribution in [0.25, 0.3) is 5.82 Å². The van der Waals surface area contributed by atoms with E-state index in [4.69, 9.17) is 4.74 Å². The van der Waals surface area contributed by atoms with E-state index >= 15 is 0 Å². The average Bonchev–Trinajstić information content (AvgIpc) is 3.46. The molecule has 0 saturated heterocycles. The largest absolute Gasteiger partial charge is 0.480 e. The number of halogens is 3. The number of aromatic nitrogens is 4. The van der Waals surface area contributed by atoms with Gasteiger partial charge in [-0.05, 0) is 37.1 Å².